The van der Waals surface area contributed by atoms with Gasteiger partial charge in [0.25, 0.3) is 0 Å². The van der Waals surface area contributed by atoms with Crippen LogP contribution in [0.25, 0.3) is 10.8 Å². The van der Waals surface area contributed by atoms with Gasteiger partial charge in [0.15, 0.2) is 5.82 Å². The molecule has 0 saturated carbocycles. The number of anilines is 3. The number of hydrogen-bond donors (Lipinski definition) is 1. The number of nitrogen functional groups attached to an aromatic ring is 1. The molecule has 5 nitrogen and oxygen atoms in total. The van der Waals surface area contributed by atoms with E-state index in [0.717, 1.165) is 37.0 Å². The van der Waals surface area contributed by atoms with Crippen molar-refractivity contribution < 1.29 is 0 Å². The summed E-state index contributed by atoms with van der Waals surface area (Å²) >= 11 is 0. The summed E-state index contributed by atoms with van der Waals surface area (Å²) in [6, 6.07) is 14.9. The van der Waals surface area contributed by atoms with Gasteiger partial charge >= 0.3 is 0 Å². The number of nitrogens with zero attached hydrogens (tertiary/aromatic N) is 4. The van der Waals surface area contributed by atoms with E-state index in [1.165, 1.54) is 16.9 Å². The smallest absolute Gasteiger partial charge is 0.153 e. The highest BCUT2D eigenvalue weighted by Crippen LogP contribution is 2.26. The fourth-order valence-electron chi connectivity index (χ4n) is 3.42. The first-order valence-electron chi connectivity index (χ1n) is 8.29. The van der Waals surface area contributed by atoms with E-state index in [1.807, 2.05) is 6.07 Å². The van der Waals surface area contributed by atoms with Crippen molar-refractivity contribution in [2.75, 3.05) is 41.7 Å². The van der Waals surface area contributed by atoms with E-state index >= 15 is 0 Å². The van der Waals surface area contributed by atoms with Gasteiger partial charge in [-0.3, -0.25) is 0 Å². The van der Waals surface area contributed by atoms with Crippen LogP contribution in [0.2, 0.25) is 0 Å². The molecule has 0 unspecified atom stereocenters. The maximum atomic E-state index is 5.89. The predicted octanol–water partition coefficient (Wildman–Crippen LogP) is 2.85. The fourth-order valence-corrected chi connectivity index (χ4v) is 3.42. The molecule has 0 aliphatic carbocycles. The lowest BCUT2D eigenvalue weighted by atomic mass is 10.1. The molecule has 1 aliphatic heterocycles. The number of para-hydroxylation sites is 1. The zero-order chi connectivity index (χ0) is 16.5. The summed E-state index contributed by atoms with van der Waals surface area (Å²) in [6.45, 7) is 6.25. The average Bonchev–Trinajstić information content (AvgIpc) is 2.62. The molecule has 122 valence electrons. The van der Waals surface area contributed by atoms with Gasteiger partial charge in [-0.2, -0.15) is 5.10 Å². The van der Waals surface area contributed by atoms with Gasteiger partial charge in [0, 0.05) is 48.3 Å². The predicted molar refractivity (Wildman–Crippen MR) is 99.6 cm³/mol. The van der Waals surface area contributed by atoms with Crippen LogP contribution in [0.3, 0.4) is 0 Å². The first kappa shape index (κ1) is 14.8. The molecule has 3 aromatic rings. The van der Waals surface area contributed by atoms with Crippen LogP contribution in [-0.4, -0.2) is 36.4 Å². The minimum absolute atomic E-state index is 0.489. The Hall–Kier alpha value is -2.82. The molecule has 0 spiro atoms. The molecule has 2 aromatic carbocycles. The Labute approximate surface area is 141 Å². The number of benzene rings is 2. The Morgan fingerprint density at radius 1 is 0.958 bits per heavy atom. The van der Waals surface area contributed by atoms with E-state index in [2.05, 4.69) is 63.3 Å². The summed E-state index contributed by atoms with van der Waals surface area (Å²) in [4.78, 5) is 4.89. The van der Waals surface area contributed by atoms with Gasteiger partial charge in [-0.25, -0.2) is 0 Å². The Morgan fingerprint density at radius 3 is 2.50 bits per heavy atom. The summed E-state index contributed by atoms with van der Waals surface area (Å²) in [5.41, 5.74) is 9.79. The van der Waals surface area contributed by atoms with Crippen LogP contribution >= 0.6 is 0 Å². The molecule has 4 rings (SSSR count). The topological polar surface area (TPSA) is 58.3 Å². The first-order valence-corrected chi connectivity index (χ1v) is 8.29. The molecule has 1 saturated heterocycles. The Bertz CT molecular complexity index is 869. The molecule has 1 fully saturated rings. The quantitative estimate of drug-likeness (QED) is 0.787. The lowest BCUT2D eigenvalue weighted by Crippen LogP contribution is -2.46. The van der Waals surface area contributed by atoms with Crippen molar-refractivity contribution in [2.45, 2.75) is 6.92 Å². The number of piperazine rings is 1. The van der Waals surface area contributed by atoms with Crippen molar-refractivity contribution in [3.05, 3.63) is 54.2 Å². The fraction of sp³-hybridized carbons (Fsp3) is 0.263. The van der Waals surface area contributed by atoms with Crippen LogP contribution in [-0.2, 0) is 0 Å². The van der Waals surface area contributed by atoms with Crippen LogP contribution in [0.15, 0.2) is 48.7 Å². The zero-order valence-electron chi connectivity index (χ0n) is 13.8. The highest BCUT2D eigenvalue weighted by molar-refractivity contribution is 5.92. The summed E-state index contributed by atoms with van der Waals surface area (Å²) in [6.07, 6.45) is 1.78. The highest BCUT2D eigenvalue weighted by Gasteiger charge is 2.18. The van der Waals surface area contributed by atoms with E-state index < -0.39 is 0 Å². The maximum Gasteiger partial charge on any atom is 0.153 e. The lowest BCUT2D eigenvalue weighted by molar-refractivity contribution is 0.652. The van der Waals surface area contributed by atoms with Crippen molar-refractivity contribution in [3.8, 4) is 0 Å². The van der Waals surface area contributed by atoms with Crippen molar-refractivity contribution in [3.63, 3.8) is 0 Å². The van der Waals surface area contributed by atoms with Crippen LogP contribution in [0.4, 0.5) is 17.2 Å². The van der Waals surface area contributed by atoms with Gasteiger partial charge < -0.3 is 15.5 Å². The van der Waals surface area contributed by atoms with E-state index in [4.69, 9.17) is 5.73 Å². The van der Waals surface area contributed by atoms with Gasteiger partial charge in [-0.15, -0.1) is 5.10 Å². The van der Waals surface area contributed by atoms with Gasteiger partial charge in [0.05, 0.1) is 6.20 Å². The van der Waals surface area contributed by atoms with Gasteiger partial charge in [0.1, 0.15) is 0 Å². The van der Waals surface area contributed by atoms with Gasteiger partial charge in [0.2, 0.25) is 0 Å². The molecule has 1 aliphatic rings. The number of fused-ring (bicyclic) bond motifs is 1. The van der Waals surface area contributed by atoms with E-state index in [1.54, 1.807) is 6.20 Å². The summed E-state index contributed by atoms with van der Waals surface area (Å²) < 4.78 is 0. The number of hydrogen-bond acceptors (Lipinski definition) is 5. The standard InChI is InChI=1S/C19H21N5/c1-14-4-2-3-5-18(14)24-10-8-23(9-11-24)16-6-7-17-15(12-16)13-21-22-19(17)20/h2-7,12-13H,8-11H2,1H3,(H2,20,22). The van der Waals surface area contributed by atoms with Crippen molar-refractivity contribution in [1.29, 1.82) is 0 Å². The molecule has 24 heavy (non-hydrogen) atoms. The second-order valence-electron chi connectivity index (χ2n) is 6.26. The molecule has 2 heterocycles. The number of aromatic nitrogens is 2. The second-order valence-corrected chi connectivity index (χ2v) is 6.26. The second kappa shape index (κ2) is 6.00. The maximum absolute atomic E-state index is 5.89. The molecule has 1 aromatic heterocycles. The third kappa shape index (κ3) is 2.62. The van der Waals surface area contributed by atoms with E-state index in [0.29, 0.717) is 5.82 Å². The van der Waals surface area contributed by atoms with Crippen molar-refractivity contribution >= 4 is 28.0 Å². The minimum atomic E-state index is 0.489. The average molecular weight is 319 g/mol. The Balaban J connectivity index is 1.53. The normalized spacial score (nSPS) is 15.0. The van der Waals surface area contributed by atoms with Crippen molar-refractivity contribution in [1.82, 2.24) is 10.2 Å². The van der Waals surface area contributed by atoms with Gasteiger partial charge in [-0.05, 0) is 36.8 Å². The Morgan fingerprint density at radius 2 is 1.71 bits per heavy atom. The largest absolute Gasteiger partial charge is 0.382 e. The Kier molecular flexibility index (Phi) is 3.69. The lowest BCUT2D eigenvalue weighted by Gasteiger charge is -2.38. The monoisotopic (exact) mass is 319 g/mol. The number of nitrogens with two attached hydrogens (primary N) is 1. The van der Waals surface area contributed by atoms with Crippen LogP contribution in [0, 0.1) is 6.92 Å². The molecule has 2 N–H and O–H groups in total. The summed E-state index contributed by atoms with van der Waals surface area (Å²) in [5.74, 6) is 0.489. The highest BCUT2D eigenvalue weighted by atomic mass is 15.3. The minimum Gasteiger partial charge on any atom is -0.382 e. The first-order chi connectivity index (χ1) is 11.7. The van der Waals surface area contributed by atoms with Crippen molar-refractivity contribution in [2.24, 2.45) is 0 Å². The molecule has 0 atom stereocenters. The number of aryl methyl sites for hydroxylation is 1. The van der Waals surface area contributed by atoms with Crippen LogP contribution < -0.4 is 15.5 Å². The molecule has 0 amide bonds. The summed E-state index contributed by atoms with van der Waals surface area (Å²) in [7, 11) is 0. The van der Waals surface area contributed by atoms with Crippen LogP contribution in [0.5, 0.6) is 0 Å². The molecular formula is C19H21N5. The zero-order valence-corrected chi connectivity index (χ0v) is 13.8. The molecular weight excluding hydrogens is 298 g/mol. The molecule has 0 radical (unpaired) electrons. The third-order valence-corrected chi connectivity index (χ3v) is 4.77. The van der Waals surface area contributed by atoms with E-state index in [-0.39, 0.29) is 0 Å². The summed E-state index contributed by atoms with van der Waals surface area (Å²) in [5, 5.41) is 9.88. The molecule has 5 heteroatoms. The van der Waals surface area contributed by atoms with Gasteiger partial charge in [-0.1, -0.05) is 18.2 Å². The van der Waals surface area contributed by atoms with Crippen LogP contribution in [0.1, 0.15) is 5.56 Å². The molecule has 0 bridgehead atoms. The van der Waals surface area contributed by atoms with E-state index in [9.17, 15) is 0 Å². The third-order valence-electron chi connectivity index (χ3n) is 4.77. The number of rotatable bonds is 2. The SMILES string of the molecule is Cc1ccccc1N1CCN(c2ccc3c(N)nncc3c2)CC1.